The van der Waals surface area contributed by atoms with Crippen LogP contribution in [0.2, 0.25) is 0 Å². The number of benzene rings is 1. The standard InChI is InChI=1S/C12H16N2O4/c1-8(13-2)12(17)14-9-4-3-5-10(6-9)18-7-11(15)16/h3-6,8,13H,7H2,1-2H3,(H,14,17)(H,15,16). The van der Waals surface area contributed by atoms with E-state index in [0.717, 1.165) is 0 Å². The van der Waals surface area contributed by atoms with E-state index in [0.29, 0.717) is 11.4 Å². The monoisotopic (exact) mass is 252 g/mol. The summed E-state index contributed by atoms with van der Waals surface area (Å²) in [5, 5.41) is 14.0. The van der Waals surface area contributed by atoms with Crippen molar-refractivity contribution in [2.24, 2.45) is 0 Å². The van der Waals surface area contributed by atoms with Gasteiger partial charge in [-0.25, -0.2) is 4.79 Å². The average Bonchev–Trinajstić information content (AvgIpc) is 2.35. The number of anilines is 1. The normalized spacial score (nSPS) is 11.7. The average molecular weight is 252 g/mol. The lowest BCUT2D eigenvalue weighted by Crippen LogP contribution is -2.35. The highest BCUT2D eigenvalue weighted by Crippen LogP contribution is 2.17. The minimum Gasteiger partial charge on any atom is -0.482 e. The van der Waals surface area contributed by atoms with Crippen LogP contribution in [0.25, 0.3) is 0 Å². The molecule has 1 atom stereocenters. The van der Waals surface area contributed by atoms with Crippen molar-refractivity contribution in [2.45, 2.75) is 13.0 Å². The molecule has 1 unspecified atom stereocenters. The van der Waals surface area contributed by atoms with Gasteiger partial charge in [0, 0.05) is 11.8 Å². The van der Waals surface area contributed by atoms with Crippen molar-refractivity contribution in [3.05, 3.63) is 24.3 Å². The number of carboxylic acids is 1. The summed E-state index contributed by atoms with van der Waals surface area (Å²) < 4.78 is 5.01. The van der Waals surface area contributed by atoms with E-state index in [1.54, 1.807) is 38.2 Å². The maximum Gasteiger partial charge on any atom is 0.341 e. The Morgan fingerprint density at radius 3 is 2.78 bits per heavy atom. The van der Waals surface area contributed by atoms with Gasteiger partial charge >= 0.3 is 5.97 Å². The van der Waals surface area contributed by atoms with Gasteiger partial charge in [-0.2, -0.15) is 0 Å². The van der Waals surface area contributed by atoms with Crippen LogP contribution in [-0.2, 0) is 9.59 Å². The van der Waals surface area contributed by atoms with E-state index in [-0.39, 0.29) is 11.9 Å². The second-order valence-corrected chi connectivity index (χ2v) is 3.71. The number of rotatable bonds is 6. The second kappa shape index (κ2) is 6.61. The van der Waals surface area contributed by atoms with E-state index in [2.05, 4.69) is 10.6 Å². The molecule has 3 N–H and O–H groups in total. The lowest BCUT2D eigenvalue weighted by molar-refractivity contribution is -0.139. The molecule has 0 spiro atoms. The largest absolute Gasteiger partial charge is 0.482 e. The van der Waals surface area contributed by atoms with E-state index in [9.17, 15) is 9.59 Å². The number of ether oxygens (including phenoxy) is 1. The van der Waals surface area contributed by atoms with Crippen LogP contribution in [-0.4, -0.2) is 36.7 Å². The quantitative estimate of drug-likeness (QED) is 0.693. The molecule has 1 rings (SSSR count). The molecule has 0 heterocycles. The Morgan fingerprint density at radius 2 is 2.17 bits per heavy atom. The molecule has 6 nitrogen and oxygen atoms in total. The van der Waals surface area contributed by atoms with Crippen LogP contribution in [0.3, 0.4) is 0 Å². The van der Waals surface area contributed by atoms with E-state index in [1.807, 2.05) is 0 Å². The first-order chi connectivity index (χ1) is 8.52. The first-order valence-electron chi connectivity index (χ1n) is 5.45. The number of carbonyl (C=O) groups is 2. The summed E-state index contributed by atoms with van der Waals surface area (Å²) in [5.74, 6) is -0.826. The van der Waals surface area contributed by atoms with Gasteiger partial charge in [0.15, 0.2) is 6.61 Å². The highest BCUT2D eigenvalue weighted by Gasteiger charge is 2.10. The molecule has 1 amide bonds. The van der Waals surface area contributed by atoms with E-state index in [1.165, 1.54) is 0 Å². The Kier molecular flexibility index (Phi) is 5.13. The van der Waals surface area contributed by atoms with Gasteiger partial charge in [0.1, 0.15) is 5.75 Å². The number of likely N-dealkylation sites (N-methyl/N-ethyl adjacent to an activating group) is 1. The van der Waals surface area contributed by atoms with Gasteiger partial charge in [0.25, 0.3) is 0 Å². The van der Waals surface area contributed by atoms with Crippen molar-refractivity contribution >= 4 is 17.6 Å². The maximum atomic E-state index is 11.6. The minimum atomic E-state index is -1.05. The Bertz CT molecular complexity index is 434. The lowest BCUT2D eigenvalue weighted by atomic mass is 10.2. The molecule has 1 aromatic rings. The predicted molar refractivity (Wildman–Crippen MR) is 66.7 cm³/mol. The van der Waals surface area contributed by atoms with Crippen LogP contribution in [0, 0.1) is 0 Å². The molecule has 6 heteroatoms. The number of hydrogen-bond acceptors (Lipinski definition) is 4. The number of carbonyl (C=O) groups excluding carboxylic acids is 1. The number of aliphatic carboxylic acids is 1. The molecule has 0 aliphatic heterocycles. The summed E-state index contributed by atoms with van der Waals surface area (Å²) >= 11 is 0. The van der Waals surface area contributed by atoms with E-state index < -0.39 is 12.6 Å². The molecule has 18 heavy (non-hydrogen) atoms. The van der Waals surface area contributed by atoms with Gasteiger partial charge in [-0.3, -0.25) is 4.79 Å². The molecule has 0 aliphatic rings. The fraction of sp³-hybridized carbons (Fsp3) is 0.333. The smallest absolute Gasteiger partial charge is 0.341 e. The number of hydrogen-bond donors (Lipinski definition) is 3. The molecule has 1 aromatic carbocycles. The molecule has 0 aromatic heterocycles. The number of amides is 1. The topological polar surface area (TPSA) is 87.7 Å². The predicted octanol–water partition coefficient (Wildman–Crippen LogP) is 0.696. The zero-order valence-electron chi connectivity index (χ0n) is 10.3. The molecule has 0 radical (unpaired) electrons. The highest BCUT2D eigenvalue weighted by molar-refractivity contribution is 5.94. The third-order valence-corrected chi connectivity index (χ3v) is 2.29. The molecular formula is C12H16N2O4. The Morgan fingerprint density at radius 1 is 1.44 bits per heavy atom. The Labute approximate surface area is 105 Å². The second-order valence-electron chi connectivity index (χ2n) is 3.71. The SMILES string of the molecule is CNC(C)C(=O)Nc1cccc(OCC(=O)O)c1. The molecule has 98 valence electrons. The molecule has 0 saturated heterocycles. The lowest BCUT2D eigenvalue weighted by Gasteiger charge is -2.11. The van der Waals surface area contributed by atoms with Crippen molar-refractivity contribution in [2.75, 3.05) is 19.0 Å². The van der Waals surface area contributed by atoms with Crippen LogP contribution in [0.1, 0.15) is 6.92 Å². The van der Waals surface area contributed by atoms with Crippen molar-refractivity contribution in [1.82, 2.24) is 5.32 Å². The zero-order chi connectivity index (χ0) is 13.5. The molecule has 0 bridgehead atoms. The number of carboxylic acid groups (broad SMARTS) is 1. The van der Waals surface area contributed by atoms with Gasteiger partial charge < -0.3 is 20.5 Å². The van der Waals surface area contributed by atoms with E-state index in [4.69, 9.17) is 9.84 Å². The van der Waals surface area contributed by atoms with Gasteiger partial charge in [-0.05, 0) is 26.1 Å². The first-order valence-corrected chi connectivity index (χ1v) is 5.45. The van der Waals surface area contributed by atoms with Crippen LogP contribution in [0.5, 0.6) is 5.75 Å². The Balaban J connectivity index is 2.64. The van der Waals surface area contributed by atoms with Crippen molar-refractivity contribution < 1.29 is 19.4 Å². The van der Waals surface area contributed by atoms with Crippen molar-refractivity contribution in [3.63, 3.8) is 0 Å². The molecule has 0 saturated carbocycles. The summed E-state index contributed by atoms with van der Waals surface area (Å²) in [6, 6.07) is 6.27. The van der Waals surface area contributed by atoms with Gasteiger partial charge in [0.2, 0.25) is 5.91 Å². The first kappa shape index (κ1) is 14.0. The minimum absolute atomic E-state index is 0.173. The van der Waals surface area contributed by atoms with Gasteiger partial charge in [-0.15, -0.1) is 0 Å². The summed E-state index contributed by atoms with van der Waals surface area (Å²) in [5.41, 5.74) is 0.560. The third kappa shape index (κ3) is 4.42. The zero-order valence-corrected chi connectivity index (χ0v) is 10.3. The summed E-state index contributed by atoms with van der Waals surface area (Å²) in [4.78, 5) is 22.0. The molecule has 0 aliphatic carbocycles. The summed E-state index contributed by atoms with van der Waals surface area (Å²) in [6.45, 7) is 1.32. The summed E-state index contributed by atoms with van der Waals surface area (Å²) in [7, 11) is 1.69. The fourth-order valence-electron chi connectivity index (χ4n) is 1.19. The number of nitrogens with one attached hydrogen (secondary N) is 2. The van der Waals surface area contributed by atoms with Crippen LogP contribution >= 0.6 is 0 Å². The highest BCUT2D eigenvalue weighted by atomic mass is 16.5. The maximum absolute atomic E-state index is 11.6. The van der Waals surface area contributed by atoms with E-state index >= 15 is 0 Å². The van der Waals surface area contributed by atoms with Crippen LogP contribution in [0.15, 0.2) is 24.3 Å². The van der Waals surface area contributed by atoms with Gasteiger partial charge in [0.05, 0.1) is 6.04 Å². The summed E-state index contributed by atoms with van der Waals surface area (Å²) in [6.07, 6.45) is 0. The third-order valence-electron chi connectivity index (χ3n) is 2.29. The molecule has 0 fully saturated rings. The van der Waals surface area contributed by atoms with Crippen LogP contribution in [0.4, 0.5) is 5.69 Å². The van der Waals surface area contributed by atoms with Gasteiger partial charge in [-0.1, -0.05) is 6.07 Å². The van der Waals surface area contributed by atoms with Crippen molar-refractivity contribution in [3.8, 4) is 5.75 Å². The molecular weight excluding hydrogens is 236 g/mol. The Hall–Kier alpha value is -2.08. The fourth-order valence-corrected chi connectivity index (χ4v) is 1.19. The van der Waals surface area contributed by atoms with Crippen LogP contribution < -0.4 is 15.4 Å². The van der Waals surface area contributed by atoms with Crippen molar-refractivity contribution in [1.29, 1.82) is 0 Å².